The smallest absolute Gasteiger partial charge is 0.323 e. The van der Waals surface area contributed by atoms with Gasteiger partial charge in [0.05, 0.1) is 15.5 Å². The van der Waals surface area contributed by atoms with Crippen molar-refractivity contribution in [1.82, 2.24) is 0 Å². The number of fused-ring (bicyclic) bond motifs is 1. The van der Waals surface area contributed by atoms with Crippen LogP contribution in [-0.2, 0) is 20.0 Å². The van der Waals surface area contributed by atoms with Crippen molar-refractivity contribution in [2.24, 2.45) is 0 Å². The van der Waals surface area contributed by atoms with Crippen molar-refractivity contribution >= 4 is 59.7 Å². The van der Waals surface area contributed by atoms with E-state index < -0.39 is 30.9 Å². The first-order valence-corrected chi connectivity index (χ1v) is 12.3. The summed E-state index contributed by atoms with van der Waals surface area (Å²) >= 11 is 5.51. The lowest BCUT2D eigenvalue weighted by Gasteiger charge is -2.11. The minimum Gasteiger partial charge on any atom is -0.507 e. The first-order chi connectivity index (χ1) is 14.5. The molecule has 0 aliphatic heterocycles. The maximum atomic E-state index is 12.3. The second-order valence-electron chi connectivity index (χ2n) is 6.47. The van der Waals surface area contributed by atoms with Crippen molar-refractivity contribution in [2.45, 2.75) is 9.79 Å². The Labute approximate surface area is 183 Å². The maximum Gasteiger partial charge on any atom is 0.323 e. The van der Waals surface area contributed by atoms with Crippen molar-refractivity contribution < 1.29 is 31.3 Å². The third-order valence-corrected chi connectivity index (χ3v) is 7.22. The molecular weight excluding hydrogens is 468 g/mol. The van der Waals surface area contributed by atoms with Gasteiger partial charge in [-0.3, -0.25) is 4.55 Å². The van der Waals surface area contributed by atoms with Gasteiger partial charge in [0.25, 0.3) is 10.1 Å². The predicted molar refractivity (Wildman–Crippen MR) is 117 cm³/mol. The Hall–Kier alpha value is -2.86. The van der Waals surface area contributed by atoms with Gasteiger partial charge in [0.1, 0.15) is 5.75 Å². The summed E-state index contributed by atoms with van der Waals surface area (Å²) in [6.45, 7) is 0. The Balaban J connectivity index is 1.82. The Kier molecular flexibility index (Phi) is 6.41. The molecule has 0 bridgehead atoms. The van der Waals surface area contributed by atoms with Crippen molar-refractivity contribution in [3.05, 3.63) is 54.6 Å². The van der Waals surface area contributed by atoms with Gasteiger partial charge in [-0.05, 0) is 47.9 Å². The SMILES string of the molecule is O=C(Nc1cccc(S(=O)(=O)CCCl)c1)Nc1ccc2c(O)cc(S(=O)(=O)O)cc2c1. The Bertz CT molecular complexity index is 1370. The molecule has 0 spiro atoms. The van der Waals surface area contributed by atoms with Crippen LogP contribution in [0.4, 0.5) is 16.2 Å². The third kappa shape index (κ3) is 5.44. The fraction of sp³-hybridized carbons (Fsp3) is 0.105. The molecule has 0 heterocycles. The number of aromatic hydroxyl groups is 1. The summed E-state index contributed by atoms with van der Waals surface area (Å²) in [4.78, 5) is 11.8. The molecule has 0 saturated heterocycles. The molecule has 3 aromatic carbocycles. The summed E-state index contributed by atoms with van der Waals surface area (Å²) in [5.74, 6) is -0.646. The van der Waals surface area contributed by atoms with E-state index in [1.54, 1.807) is 0 Å². The lowest BCUT2D eigenvalue weighted by atomic mass is 10.1. The van der Waals surface area contributed by atoms with Crippen molar-refractivity contribution in [3.63, 3.8) is 0 Å². The number of nitrogens with one attached hydrogen (secondary N) is 2. The summed E-state index contributed by atoms with van der Waals surface area (Å²) in [5.41, 5.74) is 0.503. The number of sulfone groups is 1. The Morgan fingerprint density at radius 3 is 2.23 bits per heavy atom. The zero-order valence-corrected chi connectivity index (χ0v) is 18.1. The maximum absolute atomic E-state index is 12.3. The van der Waals surface area contributed by atoms with Crippen LogP contribution in [0.2, 0.25) is 0 Å². The quantitative estimate of drug-likeness (QED) is 0.309. The van der Waals surface area contributed by atoms with E-state index in [1.165, 1.54) is 42.5 Å². The summed E-state index contributed by atoms with van der Waals surface area (Å²) in [6.07, 6.45) is 0. The van der Waals surface area contributed by atoms with Gasteiger partial charge in [-0.25, -0.2) is 13.2 Å². The molecule has 0 radical (unpaired) electrons. The summed E-state index contributed by atoms with van der Waals surface area (Å²) in [6, 6.07) is 11.4. The summed E-state index contributed by atoms with van der Waals surface area (Å²) in [5, 5.41) is 15.6. The second-order valence-corrected chi connectivity index (χ2v) is 10.4. The highest BCUT2D eigenvalue weighted by atomic mass is 35.5. The first-order valence-electron chi connectivity index (χ1n) is 8.71. The molecule has 12 heteroatoms. The number of alkyl halides is 1. The van der Waals surface area contributed by atoms with Crippen molar-refractivity contribution in [3.8, 4) is 5.75 Å². The number of rotatable bonds is 6. The topological polar surface area (TPSA) is 150 Å². The minimum absolute atomic E-state index is 0.0184. The zero-order chi connectivity index (χ0) is 22.8. The van der Waals surface area contributed by atoms with Gasteiger partial charge in [-0.15, -0.1) is 11.6 Å². The van der Waals surface area contributed by atoms with Crippen LogP contribution in [0.5, 0.6) is 5.75 Å². The monoisotopic (exact) mass is 484 g/mol. The number of phenols is 1. The fourth-order valence-corrected chi connectivity index (χ4v) is 5.01. The number of benzene rings is 3. The van der Waals surface area contributed by atoms with Gasteiger partial charge in [0.15, 0.2) is 9.84 Å². The largest absolute Gasteiger partial charge is 0.507 e. The highest BCUT2D eigenvalue weighted by Crippen LogP contribution is 2.30. The van der Waals surface area contributed by atoms with Crippen LogP contribution in [0.3, 0.4) is 0 Å². The molecule has 3 aromatic rings. The zero-order valence-electron chi connectivity index (χ0n) is 15.7. The Morgan fingerprint density at radius 2 is 1.58 bits per heavy atom. The van der Waals surface area contributed by atoms with Crippen molar-refractivity contribution in [1.29, 1.82) is 0 Å². The van der Waals surface area contributed by atoms with E-state index in [4.69, 9.17) is 11.6 Å². The molecule has 3 rings (SSSR count). The highest BCUT2D eigenvalue weighted by molar-refractivity contribution is 7.91. The molecule has 0 aliphatic carbocycles. The minimum atomic E-state index is -4.53. The fourth-order valence-electron chi connectivity index (χ4n) is 2.83. The number of hydrogen-bond acceptors (Lipinski definition) is 6. The summed E-state index contributed by atoms with van der Waals surface area (Å²) in [7, 11) is -8.10. The average molecular weight is 485 g/mol. The van der Waals surface area contributed by atoms with Crippen LogP contribution < -0.4 is 10.6 Å². The van der Waals surface area contributed by atoms with Crippen LogP contribution in [0.1, 0.15) is 0 Å². The van der Waals surface area contributed by atoms with Crippen LogP contribution in [0.25, 0.3) is 10.8 Å². The van der Waals surface area contributed by atoms with Crippen LogP contribution >= 0.6 is 11.6 Å². The van der Waals surface area contributed by atoms with E-state index in [2.05, 4.69) is 10.6 Å². The van der Waals surface area contributed by atoms with Gasteiger partial charge in [-0.1, -0.05) is 6.07 Å². The average Bonchev–Trinajstić information content (AvgIpc) is 2.67. The molecule has 0 unspecified atom stereocenters. The standard InChI is InChI=1S/C19H17ClN2O7S2/c20-6-7-30(25,26)15-3-1-2-13(10-15)21-19(24)22-14-4-5-17-12(8-14)9-16(11-18(17)23)31(27,28)29/h1-5,8-11,23H,6-7H2,(H2,21,22,24)(H,27,28,29). The molecule has 2 amide bonds. The number of carbonyl (C=O) groups excluding carboxylic acids is 1. The second kappa shape index (κ2) is 8.71. The lowest BCUT2D eigenvalue weighted by Crippen LogP contribution is -2.19. The van der Waals surface area contributed by atoms with Crippen LogP contribution in [-0.4, -0.2) is 44.2 Å². The number of carbonyl (C=O) groups is 1. The normalized spacial score (nSPS) is 11.9. The van der Waals surface area contributed by atoms with Crippen LogP contribution in [0, 0.1) is 0 Å². The summed E-state index contributed by atoms with van der Waals surface area (Å²) < 4.78 is 56.1. The van der Waals surface area contributed by atoms with E-state index in [-0.39, 0.29) is 39.0 Å². The third-order valence-electron chi connectivity index (χ3n) is 4.26. The molecule has 0 atom stereocenters. The molecule has 4 N–H and O–H groups in total. The van der Waals surface area contributed by atoms with Gasteiger partial charge in [0.2, 0.25) is 0 Å². The van der Waals surface area contributed by atoms with Crippen molar-refractivity contribution in [2.75, 3.05) is 22.3 Å². The number of amides is 2. The number of phenolic OH excluding ortho intramolecular Hbond substituents is 1. The number of urea groups is 1. The van der Waals surface area contributed by atoms with E-state index in [1.807, 2.05) is 0 Å². The van der Waals surface area contributed by atoms with Crippen LogP contribution in [0.15, 0.2) is 64.4 Å². The van der Waals surface area contributed by atoms with E-state index in [0.29, 0.717) is 5.39 Å². The first kappa shape index (κ1) is 22.8. The molecule has 31 heavy (non-hydrogen) atoms. The Morgan fingerprint density at radius 1 is 0.903 bits per heavy atom. The highest BCUT2D eigenvalue weighted by Gasteiger charge is 2.16. The van der Waals surface area contributed by atoms with E-state index in [0.717, 1.165) is 12.1 Å². The van der Waals surface area contributed by atoms with Gasteiger partial charge in [-0.2, -0.15) is 8.42 Å². The van der Waals surface area contributed by atoms with Gasteiger partial charge in [0, 0.05) is 28.7 Å². The number of anilines is 2. The molecule has 0 fully saturated rings. The van der Waals surface area contributed by atoms with Gasteiger partial charge < -0.3 is 15.7 Å². The molecule has 0 aliphatic rings. The van der Waals surface area contributed by atoms with E-state index >= 15 is 0 Å². The molecule has 0 aromatic heterocycles. The predicted octanol–water partition coefficient (Wildman–Crippen LogP) is 3.45. The van der Waals surface area contributed by atoms with E-state index in [9.17, 15) is 31.3 Å². The molecule has 164 valence electrons. The van der Waals surface area contributed by atoms with Gasteiger partial charge >= 0.3 is 6.03 Å². The lowest BCUT2D eigenvalue weighted by molar-refractivity contribution is 0.262. The molecular formula is C19H17ClN2O7S2. The molecule has 0 saturated carbocycles. The molecule has 9 nitrogen and oxygen atoms in total. The number of hydrogen-bond donors (Lipinski definition) is 4. The number of halogens is 1.